The van der Waals surface area contributed by atoms with Crippen LogP contribution < -0.4 is 4.18 Å². The summed E-state index contributed by atoms with van der Waals surface area (Å²) in [6.45, 7) is 0. The fraction of sp³-hybridized carbons (Fsp3) is 0.250. The van der Waals surface area contributed by atoms with Gasteiger partial charge < -0.3 is 4.18 Å². The molecule has 0 aliphatic rings. The molecular formula is C8H10O6S2. The van der Waals surface area contributed by atoms with E-state index in [9.17, 15) is 16.8 Å². The molecule has 6 nitrogen and oxygen atoms in total. The van der Waals surface area contributed by atoms with Gasteiger partial charge in [0.05, 0.1) is 7.11 Å². The lowest BCUT2D eigenvalue weighted by Crippen LogP contribution is -2.21. The van der Waals surface area contributed by atoms with Gasteiger partial charge in [0.2, 0.25) is 5.08 Å². The Kier molecular flexibility index (Phi) is 3.89. The molecule has 0 unspecified atom stereocenters. The molecule has 0 amide bonds. The molecule has 0 radical (unpaired) electrons. The first-order valence-electron chi connectivity index (χ1n) is 4.10. The highest BCUT2D eigenvalue weighted by Gasteiger charge is 2.23. The Hall–Kier alpha value is -1.12. The Labute approximate surface area is 94.1 Å². The van der Waals surface area contributed by atoms with Gasteiger partial charge in [-0.05, 0) is 12.1 Å². The first-order chi connectivity index (χ1) is 7.35. The molecule has 16 heavy (non-hydrogen) atoms. The number of benzene rings is 1. The van der Waals surface area contributed by atoms with Gasteiger partial charge in [0, 0.05) is 0 Å². The van der Waals surface area contributed by atoms with E-state index in [-0.39, 0.29) is 5.75 Å². The number of hydrogen-bond donors (Lipinski definition) is 0. The summed E-state index contributed by atoms with van der Waals surface area (Å²) < 4.78 is 53.0. The molecule has 0 atom stereocenters. The van der Waals surface area contributed by atoms with Gasteiger partial charge in [0.1, 0.15) is 5.75 Å². The predicted octanol–water partition coefficient (Wildman–Crippen LogP) is 0.329. The Morgan fingerprint density at radius 1 is 1.00 bits per heavy atom. The van der Waals surface area contributed by atoms with Gasteiger partial charge in [0.15, 0.2) is 0 Å². The highest BCUT2D eigenvalue weighted by atomic mass is 32.3. The number of para-hydroxylation sites is 1. The largest absolute Gasteiger partial charge is 0.382 e. The van der Waals surface area contributed by atoms with E-state index in [0.29, 0.717) is 0 Å². The summed E-state index contributed by atoms with van der Waals surface area (Å²) in [4.78, 5) is 0. The zero-order valence-electron chi connectivity index (χ0n) is 8.36. The lowest BCUT2D eigenvalue weighted by Gasteiger charge is -2.05. The fourth-order valence-corrected chi connectivity index (χ4v) is 3.27. The normalized spacial score (nSPS) is 12.3. The van der Waals surface area contributed by atoms with Crippen molar-refractivity contribution < 1.29 is 25.2 Å². The molecule has 0 spiro atoms. The smallest absolute Gasteiger partial charge is 0.326 e. The van der Waals surface area contributed by atoms with Crippen LogP contribution in [0.3, 0.4) is 0 Å². The van der Waals surface area contributed by atoms with E-state index in [0.717, 1.165) is 7.11 Å². The molecule has 0 saturated carbocycles. The van der Waals surface area contributed by atoms with E-state index >= 15 is 0 Å². The van der Waals surface area contributed by atoms with Crippen molar-refractivity contribution in [1.29, 1.82) is 0 Å². The van der Waals surface area contributed by atoms with E-state index in [1.165, 1.54) is 12.1 Å². The second kappa shape index (κ2) is 4.81. The van der Waals surface area contributed by atoms with Crippen molar-refractivity contribution in [3.8, 4) is 5.75 Å². The van der Waals surface area contributed by atoms with E-state index in [2.05, 4.69) is 8.37 Å². The summed E-state index contributed by atoms with van der Waals surface area (Å²) in [7, 11) is -7.45. The van der Waals surface area contributed by atoms with Crippen LogP contribution in [0.15, 0.2) is 30.3 Å². The van der Waals surface area contributed by atoms with Gasteiger partial charge in [-0.1, -0.05) is 18.2 Å². The lowest BCUT2D eigenvalue weighted by atomic mass is 10.3. The van der Waals surface area contributed by atoms with Crippen molar-refractivity contribution in [2.24, 2.45) is 0 Å². The monoisotopic (exact) mass is 266 g/mol. The summed E-state index contributed by atoms with van der Waals surface area (Å²) >= 11 is 0. The van der Waals surface area contributed by atoms with Crippen LogP contribution in [-0.2, 0) is 24.4 Å². The Bertz CT molecular complexity index is 531. The third kappa shape index (κ3) is 4.17. The third-order valence-corrected chi connectivity index (χ3v) is 4.77. The Morgan fingerprint density at radius 3 is 2.06 bits per heavy atom. The van der Waals surface area contributed by atoms with Crippen molar-refractivity contribution in [2.75, 3.05) is 12.2 Å². The predicted molar refractivity (Wildman–Crippen MR) is 56.8 cm³/mol. The van der Waals surface area contributed by atoms with Crippen LogP contribution in [0.4, 0.5) is 0 Å². The Morgan fingerprint density at radius 2 is 1.56 bits per heavy atom. The van der Waals surface area contributed by atoms with Gasteiger partial charge in [0.25, 0.3) is 10.1 Å². The summed E-state index contributed by atoms with van der Waals surface area (Å²) in [5.41, 5.74) is 0. The molecule has 0 saturated heterocycles. The maximum atomic E-state index is 11.3. The van der Waals surface area contributed by atoms with E-state index in [1.807, 2.05) is 0 Å². The average molecular weight is 266 g/mol. The SMILES string of the molecule is COS(=O)(=O)CS(=O)(=O)Oc1ccccc1. The van der Waals surface area contributed by atoms with Crippen molar-refractivity contribution in [3.05, 3.63) is 30.3 Å². The van der Waals surface area contributed by atoms with Crippen LogP contribution in [0.2, 0.25) is 0 Å². The second-order valence-corrected chi connectivity index (χ2v) is 6.47. The molecule has 0 aliphatic heterocycles. The topological polar surface area (TPSA) is 86.7 Å². The maximum Gasteiger partial charge on any atom is 0.326 e. The minimum Gasteiger partial charge on any atom is -0.382 e. The van der Waals surface area contributed by atoms with Crippen molar-refractivity contribution >= 4 is 20.2 Å². The summed E-state index contributed by atoms with van der Waals surface area (Å²) in [5, 5.41) is -1.22. The van der Waals surface area contributed by atoms with Crippen LogP contribution in [0.1, 0.15) is 0 Å². The molecular weight excluding hydrogens is 256 g/mol. The van der Waals surface area contributed by atoms with Crippen molar-refractivity contribution in [1.82, 2.24) is 0 Å². The summed E-state index contributed by atoms with van der Waals surface area (Å²) in [6, 6.07) is 7.60. The maximum absolute atomic E-state index is 11.3. The molecule has 1 aromatic rings. The minimum absolute atomic E-state index is 0.0498. The first-order valence-corrected chi connectivity index (χ1v) is 7.26. The third-order valence-electron chi connectivity index (χ3n) is 1.51. The molecule has 0 heterocycles. The molecule has 0 aromatic heterocycles. The van der Waals surface area contributed by atoms with Gasteiger partial charge in [-0.2, -0.15) is 16.8 Å². The van der Waals surface area contributed by atoms with Crippen molar-refractivity contribution in [2.45, 2.75) is 0 Å². The quantitative estimate of drug-likeness (QED) is 0.714. The van der Waals surface area contributed by atoms with Gasteiger partial charge in [-0.15, -0.1) is 0 Å². The van der Waals surface area contributed by atoms with Crippen LogP contribution in [0.25, 0.3) is 0 Å². The molecule has 0 fully saturated rings. The standard InChI is InChI=1S/C8H10O6S2/c1-13-15(9,10)7-16(11,12)14-8-5-3-2-4-6-8/h2-6H,7H2,1H3. The molecule has 90 valence electrons. The number of rotatable bonds is 5. The van der Waals surface area contributed by atoms with E-state index < -0.39 is 25.3 Å². The highest BCUT2D eigenvalue weighted by Crippen LogP contribution is 2.12. The van der Waals surface area contributed by atoms with Crippen LogP contribution in [0, 0.1) is 0 Å². The minimum atomic E-state index is -4.22. The highest BCUT2D eigenvalue weighted by molar-refractivity contribution is 8.03. The zero-order chi connectivity index (χ0) is 12.2. The van der Waals surface area contributed by atoms with Crippen LogP contribution in [-0.4, -0.2) is 29.0 Å². The molecule has 0 N–H and O–H groups in total. The van der Waals surface area contributed by atoms with Crippen LogP contribution in [0.5, 0.6) is 5.75 Å². The van der Waals surface area contributed by atoms with Crippen LogP contribution >= 0.6 is 0 Å². The van der Waals surface area contributed by atoms with E-state index in [1.54, 1.807) is 18.2 Å². The fourth-order valence-electron chi connectivity index (χ4n) is 0.872. The first kappa shape index (κ1) is 12.9. The van der Waals surface area contributed by atoms with Gasteiger partial charge >= 0.3 is 10.1 Å². The van der Waals surface area contributed by atoms with Crippen molar-refractivity contribution in [3.63, 3.8) is 0 Å². The summed E-state index contributed by atoms with van der Waals surface area (Å²) in [5.74, 6) is 0.0498. The Balaban J connectivity index is 2.82. The van der Waals surface area contributed by atoms with E-state index in [4.69, 9.17) is 0 Å². The molecule has 1 rings (SSSR count). The zero-order valence-corrected chi connectivity index (χ0v) is 9.99. The molecule has 8 heteroatoms. The lowest BCUT2D eigenvalue weighted by molar-refractivity contribution is 0.399. The molecule has 1 aromatic carbocycles. The molecule has 0 bridgehead atoms. The summed E-state index contributed by atoms with van der Waals surface area (Å²) in [6.07, 6.45) is 0. The average Bonchev–Trinajstić information content (AvgIpc) is 2.17. The second-order valence-electron chi connectivity index (χ2n) is 2.80. The molecule has 0 aliphatic carbocycles. The van der Waals surface area contributed by atoms with Gasteiger partial charge in [-0.25, -0.2) is 0 Å². The number of hydrogen-bond acceptors (Lipinski definition) is 6. The van der Waals surface area contributed by atoms with Gasteiger partial charge in [-0.3, -0.25) is 4.18 Å².